The van der Waals surface area contributed by atoms with E-state index in [-0.39, 0.29) is 29.5 Å². The van der Waals surface area contributed by atoms with Crippen LogP contribution in [0.4, 0.5) is 0 Å². The Labute approximate surface area is 305 Å². The number of allylic oxidation sites excluding steroid dienone is 2. The van der Waals surface area contributed by atoms with Crippen LogP contribution in [-0.4, -0.2) is 69.5 Å². The van der Waals surface area contributed by atoms with E-state index in [1.54, 1.807) is 91.1 Å². The van der Waals surface area contributed by atoms with Gasteiger partial charge in [0.2, 0.25) is 16.4 Å². The molecule has 3 aliphatic rings. The van der Waals surface area contributed by atoms with Crippen LogP contribution >= 0.6 is 23.2 Å². The molecule has 0 saturated carbocycles. The Hall–Kier alpha value is -5.71. The molecule has 2 aromatic rings. The lowest BCUT2D eigenvalue weighted by Gasteiger charge is -2.19. The highest BCUT2D eigenvalue weighted by molar-refractivity contribution is 6.67. The van der Waals surface area contributed by atoms with Crippen LogP contribution in [0.1, 0.15) is 41.5 Å². The number of nitrogens with zero attached hydrogens (tertiary/aromatic N) is 2. The summed E-state index contributed by atoms with van der Waals surface area (Å²) in [5.41, 5.74) is 3.30. The van der Waals surface area contributed by atoms with Crippen molar-refractivity contribution >= 4 is 87.5 Å². The van der Waals surface area contributed by atoms with Crippen LogP contribution in [0.25, 0.3) is 24.3 Å². The van der Waals surface area contributed by atoms with Crippen LogP contribution in [0.2, 0.25) is 0 Å². The molecule has 0 saturated heterocycles. The number of nitrogens with one attached hydrogen (secondary N) is 1. The van der Waals surface area contributed by atoms with Gasteiger partial charge in [-0.05, 0) is 107 Å². The van der Waals surface area contributed by atoms with Crippen molar-refractivity contribution in [3.05, 3.63) is 132 Å². The zero-order valence-corrected chi connectivity index (χ0v) is 29.0. The summed E-state index contributed by atoms with van der Waals surface area (Å²) in [6, 6.07) is 14.4. The largest absolute Gasteiger partial charge is 0.352 e. The van der Waals surface area contributed by atoms with Gasteiger partial charge in [-0.1, -0.05) is 78.9 Å². The van der Waals surface area contributed by atoms with Gasteiger partial charge >= 0.3 is 0 Å². The zero-order valence-electron chi connectivity index (χ0n) is 27.5. The SMILES string of the molecule is O=C(Cl)/C=C/c1ccc(/C=C/C(=O)Cl)cc1.O=C1C=CCCN1.O=C1C=CCCN1C(=O)/C=C/c1ccc(/C=C/C(=O)N2CCC=CC2=O)cc1. The lowest BCUT2D eigenvalue weighted by Crippen LogP contribution is -2.37. The average Bonchev–Trinajstić information content (AvgIpc) is 3.13. The van der Waals surface area contributed by atoms with Gasteiger partial charge in [-0.2, -0.15) is 0 Å². The molecule has 0 spiro atoms. The normalized spacial score (nSPS) is 15.5. The number of benzene rings is 2. The number of amides is 5. The number of imide groups is 2. The van der Waals surface area contributed by atoms with Gasteiger partial charge in [-0.3, -0.25) is 43.4 Å². The lowest BCUT2D eigenvalue weighted by atomic mass is 10.1. The number of hydrogen-bond acceptors (Lipinski definition) is 7. The summed E-state index contributed by atoms with van der Waals surface area (Å²) in [5.74, 6) is -1.25. The van der Waals surface area contributed by atoms with Gasteiger partial charge in [0.25, 0.3) is 23.6 Å². The van der Waals surface area contributed by atoms with Gasteiger partial charge in [0.1, 0.15) is 0 Å². The second-order valence-corrected chi connectivity index (χ2v) is 11.5. The Kier molecular flexibility index (Phi) is 16.7. The quantitative estimate of drug-likeness (QED) is 0.274. The van der Waals surface area contributed by atoms with Crippen LogP contribution in [0.5, 0.6) is 0 Å². The zero-order chi connectivity index (χ0) is 37.0. The summed E-state index contributed by atoms with van der Waals surface area (Å²) >= 11 is 10.3. The van der Waals surface area contributed by atoms with Crippen LogP contribution in [0.15, 0.2) is 109 Å². The molecule has 0 fully saturated rings. The van der Waals surface area contributed by atoms with Crippen LogP contribution in [0, 0.1) is 0 Å². The molecule has 1 N–H and O–H groups in total. The Balaban J connectivity index is 0.000000254. The number of rotatable bonds is 8. The fourth-order valence-electron chi connectivity index (χ4n) is 4.42. The molecule has 0 atom stereocenters. The van der Waals surface area contributed by atoms with Crippen molar-refractivity contribution < 1.29 is 33.6 Å². The standard InChI is InChI=1S/C22H20N2O4.C12H8Cl2O2.C5H7NO/c25-19-5-1-3-15-23(19)21(27)13-11-17-7-9-18(10-8-17)12-14-22(28)24-16-4-2-6-20(24)26;13-11(15)7-5-9-1-2-10(4-3-9)6-8-12(14)16;7-5-3-1-2-4-6-5/h1-2,5-14H,3-4,15-16H2;1-8H;1,3H,2,4H2,(H,6,7)/b13-11+,14-12+;7-5+,8-6+;. The van der Waals surface area contributed by atoms with Crippen molar-refractivity contribution in [2.45, 2.75) is 19.3 Å². The molecule has 2 aromatic carbocycles. The first kappa shape index (κ1) is 39.7. The van der Waals surface area contributed by atoms with Crippen LogP contribution < -0.4 is 5.32 Å². The minimum atomic E-state index is -0.517. The molecule has 51 heavy (non-hydrogen) atoms. The second-order valence-electron chi connectivity index (χ2n) is 10.8. The van der Waals surface area contributed by atoms with Gasteiger partial charge in [-0.25, -0.2) is 0 Å². The van der Waals surface area contributed by atoms with Crippen molar-refractivity contribution in [2.75, 3.05) is 19.6 Å². The third-order valence-corrected chi connectivity index (χ3v) is 7.28. The predicted molar refractivity (Wildman–Crippen MR) is 198 cm³/mol. The third-order valence-electron chi connectivity index (χ3n) is 7.03. The van der Waals surface area contributed by atoms with E-state index < -0.39 is 10.5 Å². The Morgan fingerprint density at radius 2 is 0.882 bits per heavy atom. The van der Waals surface area contributed by atoms with Crippen molar-refractivity contribution in [1.29, 1.82) is 0 Å². The van der Waals surface area contributed by atoms with E-state index in [9.17, 15) is 33.6 Å². The summed E-state index contributed by atoms with van der Waals surface area (Å²) in [4.78, 5) is 81.2. The summed E-state index contributed by atoms with van der Waals surface area (Å²) in [5, 5.41) is 1.62. The van der Waals surface area contributed by atoms with Gasteiger partial charge in [-0.15, -0.1) is 0 Å². The van der Waals surface area contributed by atoms with Crippen molar-refractivity contribution in [3.63, 3.8) is 0 Å². The minimum Gasteiger partial charge on any atom is -0.352 e. The first-order chi connectivity index (χ1) is 24.5. The molecule has 3 heterocycles. The lowest BCUT2D eigenvalue weighted by molar-refractivity contribution is -0.140. The van der Waals surface area contributed by atoms with E-state index >= 15 is 0 Å². The van der Waals surface area contributed by atoms with Crippen LogP contribution in [0.3, 0.4) is 0 Å². The van der Waals surface area contributed by atoms with Gasteiger partial charge in [0.15, 0.2) is 0 Å². The smallest absolute Gasteiger partial charge is 0.253 e. The fourth-order valence-corrected chi connectivity index (χ4v) is 4.54. The monoisotopic (exact) mass is 727 g/mol. The summed E-state index contributed by atoms with van der Waals surface area (Å²) in [7, 11) is 0. The van der Waals surface area contributed by atoms with E-state index in [1.165, 1.54) is 46.3 Å². The molecule has 5 rings (SSSR count). The molecule has 262 valence electrons. The maximum absolute atomic E-state index is 12.1. The number of hydrogen-bond donors (Lipinski definition) is 1. The summed E-state index contributed by atoms with van der Waals surface area (Å²) in [6.45, 7) is 1.59. The molecule has 3 aliphatic heterocycles. The molecule has 0 aliphatic carbocycles. The number of carbonyl (C=O) groups excluding carboxylic acids is 7. The molecular formula is C39H35Cl2N3O7. The van der Waals surface area contributed by atoms with E-state index in [2.05, 4.69) is 5.32 Å². The van der Waals surface area contributed by atoms with E-state index in [4.69, 9.17) is 23.2 Å². The maximum atomic E-state index is 12.1. The summed E-state index contributed by atoms with van der Waals surface area (Å²) in [6.07, 6.45) is 23.9. The van der Waals surface area contributed by atoms with Gasteiger partial charge < -0.3 is 5.32 Å². The van der Waals surface area contributed by atoms with E-state index in [0.29, 0.717) is 25.9 Å². The first-order valence-electron chi connectivity index (χ1n) is 15.8. The van der Waals surface area contributed by atoms with E-state index in [0.717, 1.165) is 35.2 Å². The van der Waals surface area contributed by atoms with Gasteiger partial charge in [0.05, 0.1) is 0 Å². The molecule has 10 nitrogen and oxygen atoms in total. The number of carbonyl (C=O) groups is 7. The molecule has 0 unspecified atom stereocenters. The molecule has 0 aromatic heterocycles. The van der Waals surface area contributed by atoms with Crippen molar-refractivity contribution in [2.24, 2.45) is 0 Å². The number of halogens is 2. The summed E-state index contributed by atoms with van der Waals surface area (Å²) < 4.78 is 0. The second kappa shape index (κ2) is 21.4. The molecule has 0 radical (unpaired) electrons. The maximum Gasteiger partial charge on any atom is 0.253 e. The molecular weight excluding hydrogens is 693 g/mol. The van der Waals surface area contributed by atoms with E-state index in [1.807, 2.05) is 6.08 Å². The third kappa shape index (κ3) is 15.2. The van der Waals surface area contributed by atoms with Crippen molar-refractivity contribution in [1.82, 2.24) is 15.1 Å². The predicted octanol–water partition coefficient (Wildman–Crippen LogP) is 5.65. The fraction of sp³-hybridized carbons (Fsp3) is 0.154. The van der Waals surface area contributed by atoms with Gasteiger partial charge in [0, 0.05) is 31.8 Å². The Morgan fingerprint density at radius 1 is 0.529 bits per heavy atom. The Morgan fingerprint density at radius 3 is 1.16 bits per heavy atom. The minimum absolute atomic E-state index is 0.0336. The van der Waals surface area contributed by atoms with Crippen molar-refractivity contribution in [3.8, 4) is 0 Å². The first-order valence-corrected chi connectivity index (χ1v) is 16.6. The molecule has 5 amide bonds. The highest BCUT2D eigenvalue weighted by atomic mass is 35.5. The highest BCUT2D eigenvalue weighted by Gasteiger charge is 2.19. The molecule has 0 bridgehead atoms. The Bertz CT molecular complexity index is 1700. The highest BCUT2D eigenvalue weighted by Crippen LogP contribution is 2.12. The topological polar surface area (TPSA) is 138 Å². The molecule has 12 heteroatoms. The van der Waals surface area contributed by atoms with Crippen LogP contribution in [-0.2, 0) is 33.6 Å². The average molecular weight is 729 g/mol.